The van der Waals surface area contributed by atoms with Crippen molar-refractivity contribution in [2.45, 2.75) is 96.1 Å². The molecule has 2 fully saturated rings. The van der Waals surface area contributed by atoms with Crippen LogP contribution >= 0.6 is 0 Å². The van der Waals surface area contributed by atoms with Crippen LogP contribution in [0.5, 0.6) is 28.7 Å². The fourth-order valence-electron chi connectivity index (χ4n) is 8.38. The summed E-state index contributed by atoms with van der Waals surface area (Å²) >= 11 is 0. The highest BCUT2D eigenvalue weighted by Crippen LogP contribution is 2.56. The Hall–Kier alpha value is -4.43. The van der Waals surface area contributed by atoms with Crippen molar-refractivity contribution in [3.05, 3.63) is 41.0 Å². The molecule has 2 aromatic rings. The van der Waals surface area contributed by atoms with Crippen LogP contribution in [0.25, 0.3) is 0 Å². The average Bonchev–Trinajstić information content (AvgIpc) is 3.73. The van der Waals surface area contributed by atoms with Crippen LogP contribution in [-0.4, -0.2) is 81.0 Å². The maximum Gasteiger partial charge on any atom is 0.408 e. The van der Waals surface area contributed by atoms with Gasteiger partial charge in [-0.3, -0.25) is 4.79 Å². The second-order valence-corrected chi connectivity index (χ2v) is 15.3. The van der Waals surface area contributed by atoms with Crippen LogP contribution in [0.3, 0.4) is 0 Å². The average molecular weight is 726 g/mol. The van der Waals surface area contributed by atoms with E-state index in [4.69, 9.17) is 37.9 Å². The van der Waals surface area contributed by atoms with Gasteiger partial charge in [0, 0.05) is 41.3 Å². The number of cyclic esters (lactones) is 1. The molecule has 0 spiro atoms. The van der Waals surface area contributed by atoms with Crippen molar-refractivity contribution in [1.29, 1.82) is 0 Å². The van der Waals surface area contributed by atoms with Gasteiger partial charge in [0.15, 0.2) is 23.0 Å². The maximum absolute atomic E-state index is 14.2. The summed E-state index contributed by atoms with van der Waals surface area (Å²) < 4.78 is 46.2. The van der Waals surface area contributed by atoms with Crippen molar-refractivity contribution in [2.24, 2.45) is 17.8 Å². The summed E-state index contributed by atoms with van der Waals surface area (Å²) in [4.78, 5) is 41.2. The highest BCUT2D eigenvalue weighted by atomic mass is 16.7. The van der Waals surface area contributed by atoms with Crippen LogP contribution in [-0.2, 0) is 29.0 Å². The number of hydroxylamine groups is 2. The van der Waals surface area contributed by atoms with Gasteiger partial charge in [-0.2, -0.15) is 0 Å². The van der Waals surface area contributed by atoms with Crippen molar-refractivity contribution in [2.75, 3.05) is 34.7 Å². The van der Waals surface area contributed by atoms with Gasteiger partial charge >= 0.3 is 18.0 Å². The Kier molecular flexibility index (Phi) is 10.2. The second-order valence-electron chi connectivity index (χ2n) is 15.3. The minimum absolute atomic E-state index is 0.00367. The fraction of sp³-hybridized carbons (Fsp3) is 0.605. The molecule has 2 aromatic carbocycles. The molecule has 0 aromatic heterocycles. The predicted octanol–water partition coefficient (Wildman–Crippen LogP) is 5.47. The Morgan fingerprint density at radius 1 is 0.904 bits per heavy atom. The molecule has 2 saturated heterocycles. The molecule has 283 valence electrons. The number of ether oxygens (including phenoxy) is 8. The Bertz CT molecular complexity index is 1670. The van der Waals surface area contributed by atoms with Crippen molar-refractivity contribution < 1.29 is 57.5 Å². The third-order valence-electron chi connectivity index (χ3n) is 11.0. The molecule has 3 aliphatic heterocycles. The molecule has 52 heavy (non-hydrogen) atoms. The van der Waals surface area contributed by atoms with Crippen LogP contribution in [0.1, 0.15) is 89.5 Å². The minimum atomic E-state index is -1.07. The summed E-state index contributed by atoms with van der Waals surface area (Å²) in [6.45, 7) is 11.0. The van der Waals surface area contributed by atoms with Gasteiger partial charge < -0.3 is 43.2 Å². The Labute approximate surface area is 303 Å². The van der Waals surface area contributed by atoms with E-state index >= 15 is 0 Å². The molecule has 2 unspecified atom stereocenters. The van der Waals surface area contributed by atoms with Crippen molar-refractivity contribution in [3.63, 3.8) is 0 Å². The first-order valence-corrected chi connectivity index (χ1v) is 17.7. The molecular weight excluding hydrogens is 676 g/mol. The number of piperidine rings is 1. The van der Waals surface area contributed by atoms with Gasteiger partial charge in [-0.1, -0.05) is 20.3 Å². The third kappa shape index (κ3) is 6.66. The van der Waals surface area contributed by atoms with Gasteiger partial charge in [-0.15, -0.1) is 10.3 Å². The maximum atomic E-state index is 14.2. The van der Waals surface area contributed by atoms with E-state index in [1.807, 2.05) is 47.6 Å². The second kappa shape index (κ2) is 14.2. The molecule has 3 heterocycles. The Balaban J connectivity index is 1.33. The van der Waals surface area contributed by atoms with Crippen LogP contribution < -0.4 is 29.0 Å². The lowest BCUT2D eigenvalue weighted by atomic mass is 9.66. The number of nitrogens with one attached hydrogen (secondary N) is 1. The van der Waals surface area contributed by atoms with E-state index in [1.54, 1.807) is 18.2 Å². The number of hydrogen-bond acceptors (Lipinski definition) is 12. The largest absolute Gasteiger partial charge is 0.493 e. The number of rotatable bonds is 10. The van der Waals surface area contributed by atoms with Gasteiger partial charge in [0.25, 0.3) is 0 Å². The topological polar surface area (TPSA) is 160 Å². The predicted molar refractivity (Wildman–Crippen MR) is 184 cm³/mol. The quantitative estimate of drug-likeness (QED) is 0.244. The summed E-state index contributed by atoms with van der Waals surface area (Å²) in [7, 11) is 4.55. The molecule has 1 radical (unpaired) electrons. The number of carbonyl (C=O) groups is 3. The van der Waals surface area contributed by atoms with Crippen LogP contribution in [0, 0.1) is 17.8 Å². The van der Waals surface area contributed by atoms with Gasteiger partial charge in [-0.05, 0) is 69.0 Å². The number of alkyl carbamates (subject to hydrolysis) is 1. The number of methoxy groups -OCH3 is 3. The molecule has 1 amide bonds. The fourth-order valence-corrected chi connectivity index (χ4v) is 8.38. The molecule has 0 saturated carbocycles. The SMILES string of the molecule is CCC(C)C(NC(=O)OC1CC(C)(C)N([O])C(C)(C)C1)C(=O)O[C@H]1c2cc3c(cc2[C@@H](c2cc(OC)c(OC)c(OC)c2)[C@H]2C(=O)OC[C@@H]21)OCO3. The van der Waals surface area contributed by atoms with Crippen molar-refractivity contribution in [1.82, 2.24) is 10.4 Å². The van der Waals surface area contributed by atoms with Crippen molar-refractivity contribution >= 4 is 18.0 Å². The summed E-state index contributed by atoms with van der Waals surface area (Å²) in [5, 5.41) is 16.7. The Morgan fingerprint density at radius 3 is 2.06 bits per heavy atom. The first-order chi connectivity index (χ1) is 24.6. The van der Waals surface area contributed by atoms with Crippen LogP contribution in [0.4, 0.5) is 4.79 Å². The molecule has 0 bridgehead atoms. The number of esters is 2. The molecule has 14 heteroatoms. The highest BCUT2D eigenvalue weighted by molar-refractivity contribution is 5.83. The van der Waals surface area contributed by atoms with E-state index in [0.29, 0.717) is 64.7 Å². The zero-order valence-corrected chi connectivity index (χ0v) is 31.2. The zero-order valence-electron chi connectivity index (χ0n) is 31.2. The number of benzene rings is 2. The van der Waals surface area contributed by atoms with Gasteiger partial charge in [0.1, 0.15) is 18.2 Å². The minimum Gasteiger partial charge on any atom is -0.493 e. The first kappa shape index (κ1) is 37.3. The summed E-state index contributed by atoms with van der Waals surface area (Å²) in [6, 6.07) is 6.12. The van der Waals surface area contributed by atoms with E-state index in [-0.39, 0.29) is 19.3 Å². The van der Waals surface area contributed by atoms with E-state index < -0.39 is 65.1 Å². The molecule has 6 rings (SSSR count). The van der Waals surface area contributed by atoms with E-state index in [0.717, 1.165) is 5.06 Å². The normalized spacial score (nSPS) is 25.5. The zero-order chi connectivity index (χ0) is 37.7. The molecule has 4 aliphatic rings. The van der Waals surface area contributed by atoms with E-state index in [9.17, 15) is 19.6 Å². The van der Waals surface area contributed by atoms with Gasteiger partial charge in [0.05, 0.1) is 33.9 Å². The summed E-state index contributed by atoms with van der Waals surface area (Å²) in [5.41, 5.74) is 0.503. The van der Waals surface area contributed by atoms with Crippen molar-refractivity contribution in [3.8, 4) is 28.7 Å². The van der Waals surface area contributed by atoms with Gasteiger partial charge in [0.2, 0.25) is 12.5 Å². The standard InChI is InChI=1S/C38H49N2O12/c1-10-19(2)31(39-36(43)51-21-15-37(3,4)40(44)38(5,6)16-21)35(42)52-32-23-14-26-25(49-18-50-26)13-22(23)29(30-24(32)17-48-34(30)41)20-11-27(45-7)33(47-9)28(12-20)46-8/h11-14,19,21,24,29-32H,10,15-18H2,1-9H3,(H,39,43)/t19?,24-,29+,30-,31?,32-/m0/s1. The lowest BCUT2D eigenvalue weighted by Crippen LogP contribution is -2.60. The van der Waals surface area contributed by atoms with E-state index in [2.05, 4.69) is 5.32 Å². The third-order valence-corrected chi connectivity index (χ3v) is 11.0. The molecule has 1 N–H and O–H groups in total. The number of nitrogens with zero attached hydrogens (tertiary/aromatic N) is 1. The number of fused-ring (bicyclic) bond motifs is 3. The smallest absolute Gasteiger partial charge is 0.408 e. The number of amides is 1. The lowest BCUT2D eigenvalue weighted by molar-refractivity contribution is -0.298. The van der Waals surface area contributed by atoms with Crippen LogP contribution in [0.15, 0.2) is 24.3 Å². The van der Waals surface area contributed by atoms with E-state index in [1.165, 1.54) is 21.3 Å². The number of carbonyl (C=O) groups excluding carboxylic acids is 3. The van der Waals surface area contributed by atoms with Crippen LogP contribution in [0.2, 0.25) is 0 Å². The van der Waals surface area contributed by atoms with Gasteiger partial charge in [-0.25, -0.2) is 9.59 Å². The monoisotopic (exact) mass is 725 g/mol. The molecular formula is C38H49N2O12. The lowest BCUT2D eigenvalue weighted by Gasteiger charge is -2.49. The molecule has 6 atom stereocenters. The Morgan fingerprint density at radius 2 is 1.50 bits per heavy atom. The summed E-state index contributed by atoms with van der Waals surface area (Å²) in [6.07, 6.45) is -1.01. The summed E-state index contributed by atoms with van der Waals surface area (Å²) in [5.74, 6) is -1.18. The first-order valence-electron chi connectivity index (χ1n) is 17.7. The molecule has 14 nitrogen and oxygen atoms in total. The molecule has 1 aliphatic carbocycles. The number of hydrogen-bond donors (Lipinski definition) is 1. The highest BCUT2D eigenvalue weighted by Gasteiger charge is 2.55.